The molecule has 0 fully saturated rings. The lowest BCUT2D eigenvalue weighted by Gasteiger charge is -2.30. The average molecular weight is 789 g/mol. The first kappa shape index (κ1) is 52.9. The van der Waals surface area contributed by atoms with E-state index in [4.69, 9.17) is 13.8 Å². The van der Waals surface area contributed by atoms with Crippen LogP contribution in [0.3, 0.4) is 0 Å². The first-order valence-corrected chi connectivity index (χ1v) is 23.8. The largest absolute Gasteiger partial charge is 0.473 e. The molecule has 0 amide bonds. The first-order valence-electron chi connectivity index (χ1n) is 22.3. The zero-order chi connectivity index (χ0) is 40.3. The summed E-state index contributed by atoms with van der Waals surface area (Å²) in [6, 6.07) is 0. The third kappa shape index (κ3) is 33.1. The van der Waals surface area contributed by atoms with Crippen LogP contribution in [0.5, 0.6) is 0 Å². The topological polar surface area (TPSA) is 119 Å². The van der Waals surface area contributed by atoms with Gasteiger partial charge in [-0.3, -0.25) is 18.6 Å². The van der Waals surface area contributed by atoms with Gasteiger partial charge in [0.1, 0.15) is 37.1 Å². The average Bonchev–Trinajstić information content (AvgIpc) is 3.12. The van der Waals surface area contributed by atoms with E-state index in [1.165, 1.54) is 103 Å². The van der Waals surface area contributed by atoms with Gasteiger partial charge in [-0.2, -0.15) is 0 Å². The number of rotatable bonds is 40. The van der Waals surface area contributed by atoms with Crippen molar-refractivity contribution in [2.75, 3.05) is 40.9 Å². The van der Waals surface area contributed by atoms with Crippen LogP contribution in [-0.4, -0.2) is 79.3 Å². The number of nitrogens with zero attached hydrogens (tertiary/aromatic N) is 1. The molecule has 0 saturated carbocycles. The molecule has 0 aromatic heterocycles. The molecule has 10 heteroatoms. The maximum atomic E-state index is 13.4. The Labute approximate surface area is 333 Å². The van der Waals surface area contributed by atoms with Crippen LogP contribution in [0.2, 0.25) is 0 Å². The van der Waals surface area contributed by atoms with Crippen molar-refractivity contribution in [1.29, 1.82) is 0 Å². The summed E-state index contributed by atoms with van der Waals surface area (Å²) in [6.45, 7) is 5.76. The number of aliphatic hydroxyl groups excluding tert-OH is 1. The fourth-order valence-corrected chi connectivity index (χ4v) is 7.93. The highest BCUT2D eigenvalue weighted by atomic mass is 31.2. The second-order valence-electron chi connectivity index (χ2n) is 16.6. The number of esters is 1. The predicted molar refractivity (Wildman–Crippen MR) is 224 cm³/mol. The van der Waals surface area contributed by atoms with Gasteiger partial charge in [0.2, 0.25) is 0 Å². The molecular formula is C44H87NO8P+. The van der Waals surface area contributed by atoms with Crippen molar-refractivity contribution >= 4 is 19.6 Å². The molecular weight excluding hydrogens is 701 g/mol. The van der Waals surface area contributed by atoms with Crippen LogP contribution in [0.4, 0.5) is 0 Å². The van der Waals surface area contributed by atoms with Gasteiger partial charge in [0.25, 0.3) is 0 Å². The van der Waals surface area contributed by atoms with Gasteiger partial charge in [0, 0.05) is 6.42 Å². The molecule has 0 aromatic rings. The molecule has 3 unspecified atom stereocenters. The van der Waals surface area contributed by atoms with Gasteiger partial charge in [0.15, 0.2) is 0 Å². The third-order valence-electron chi connectivity index (χ3n) is 10.1. The van der Waals surface area contributed by atoms with E-state index in [2.05, 4.69) is 26.0 Å². The highest BCUT2D eigenvalue weighted by Gasteiger charge is 2.34. The molecule has 0 bridgehead atoms. The Morgan fingerprint density at radius 2 is 1.06 bits per heavy atom. The number of phosphoric acid groups is 1. The Hall–Kier alpha value is -1.09. The van der Waals surface area contributed by atoms with Crippen molar-refractivity contribution in [2.24, 2.45) is 5.92 Å². The molecule has 320 valence electrons. The molecule has 9 nitrogen and oxygen atoms in total. The summed E-state index contributed by atoms with van der Waals surface area (Å²) in [4.78, 5) is 37.1. The zero-order valence-corrected chi connectivity index (χ0v) is 36.9. The number of allylic oxidation sites excluding steroid dienone is 2. The molecule has 0 aliphatic rings. The maximum absolute atomic E-state index is 13.4. The van der Waals surface area contributed by atoms with Gasteiger partial charge in [-0.05, 0) is 44.9 Å². The van der Waals surface area contributed by atoms with E-state index in [1.807, 2.05) is 28.1 Å². The lowest BCUT2D eigenvalue weighted by Crippen LogP contribution is -2.42. The number of aliphatic hydroxyl groups is 1. The Bertz CT molecular complexity index is 969. The van der Waals surface area contributed by atoms with E-state index in [0.717, 1.165) is 57.8 Å². The first-order chi connectivity index (χ1) is 25.9. The minimum atomic E-state index is -4.54. The smallest absolute Gasteiger partial charge is 0.462 e. The second kappa shape index (κ2) is 35.1. The van der Waals surface area contributed by atoms with Gasteiger partial charge in [-0.25, -0.2) is 4.57 Å². The van der Waals surface area contributed by atoms with Crippen LogP contribution in [0.25, 0.3) is 0 Å². The Morgan fingerprint density at radius 1 is 0.630 bits per heavy atom. The van der Waals surface area contributed by atoms with Crippen LogP contribution in [0, 0.1) is 5.92 Å². The molecule has 54 heavy (non-hydrogen) atoms. The van der Waals surface area contributed by atoms with Gasteiger partial charge < -0.3 is 19.2 Å². The van der Waals surface area contributed by atoms with Crippen molar-refractivity contribution in [1.82, 2.24) is 0 Å². The van der Waals surface area contributed by atoms with Crippen LogP contribution in [0.1, 0.15) is 201 Å². The summed E-state index contributed by atoms with van der Waals surface area (Å²) in [5.74, 6) is -1.64. The molecule has 0 rings (SSSR count). The van der Waals surface area contributed by atoms with E-state index in [1.54, 1.807) is 0 Å². The molecule has 0 heterocycles. The van der Waals surface area contributed by atoms with Crippen LogP contribution < -0.4 is 0 Å². The SMILES string of the molecule is CCCCCCCC/C=C\CCCCCCC(C(=O)CCCCCCCCCCCCCCC)C(=O)OC[C@H](CO)OP(=O)(O)OC(CC)C[N+](C)(C)C. The van der Waals surface area contributed by atoms with Crippen molar-refractivity contribution < 1.29 is 42.4 Å². The lowest BCUT2D eigenvalue weighted by atomic mass is 9.93. The number of likely N-dealkylation sites (N-methyl/N-ethyl adjacent to an activating group) is 1. The predicted octanol–water partition coefficient (Wildman–Crippen LogP) is 11.8. The Balaban J connectivity index is 4.86. The number of Topliss-reactive ketones (excluding diaryl/α,β-unsaturated/α-hetero) is 1. The summed E-state index contributed by atoms with van der Waals surface area (Å²) in [5, 5.41) is 9.88. The Morgan fingerprint density at radius 3 is 1.50 bits per heavy atom. The monoisotopic (exact) mass is 789 g/mol. The van der Waals surface area contributed by atoms with Gasteiger partial charge in [-0.1, -0.05) is 161 Å². The summed E-state index contributed by atoms with van der Waals surface area (Å²) in [7, 11) is 1.32. The van der Waals surface area contributed by atoms with E-state index in [-0.39, 0.29) is 5.78 Å². The number of ketones is 1. The summed E-state index contributed by atoms with van der Waals surface area (Å²) in [5.41, 5.74) is 0. The normalized spacial score (nSPS) is 15.0. The molecule has 0 radical (unpaired) electrons. The maximum Gasteiger partial charge on any atom is 0.473 e. The van der Waals surface area contributed by atoms with E-state index in [9.17, 15) is 24.2 Å². The van der Waals surface area contributed by atoms with E-state index < -0.39 is 45.1 Å². The summed E-state index contributed by atoms with van der Waals surface area (Å²) < 4.78 is 29.4. The molecule has 0 aliphatic heterocycles. The fourth-order valence-electron chi connectivity index (χ4n) is 6.79. The highest BCUT2D eigenvalue weighted by molar-refractivity contribution is 7.47. The third-order valence-corrected chi connectivity index (χ3v) is 11.2. The molecule has 4 atom stereocenters. The highest BCUT2D eigenvalue weighted by Crippen LogP contribution is 2.46. The van der Waals surface area contributed by atoms with Crippen molar-refractivity contribution in [3.05, 3.63) is 12.2 Å². The number of phosphoric ester groups is 1. The number of hydrogen-bond acceptors (Lipinski definition) is 7. The van der Waals surface area contributed by atoms with Gasteiger partial charge >= 0.3 is 13.8 Å². The standard InChI is InChI=1S/C44H86NO8P/c1-7-10-12-14-16-18-20-22-24-25-27-29-31-33-35-42(43(47)36-34-32-30-28-26-23-21-19-17-15-13-11-8-2)44(48)51-39-41(38-46)53-54(49,50)52-40(9-3)37-45(4,5)6/h22,24,40-42,46H,7-21,23,25-39H2,1-6H3/p+1/b24-22-/t40?,41-,42?/m0/s1. The summed E-state index contributed by atoms with van der Waals surface area (Å²) >= 11 is 0. The molecule has 0 spiro atoms. The minimum absolute atomic E-state index is 0.107. The number of carbonyl (C=O) groups excluding carboxylic acids is 2. The molecule has 0 aliphatic carbocycles. The molecule has 2 N–H and O–H groups in total. The van der Waals surface area contributed by atoms with Crippen LogP contribution in [-0.2, 0) is 27.9 Å². The van der Waals surface area contributed by atoms with Crippen molar-refractivity contribution in [2.45, 2.75) is 213 Å². The van der Waals surface area contributed by atoms with Crippen molar-refractivity contribution in [3.8, 4) is 0 Å². The van der Waals surface area contributed by atoms with Crippen molar-refractivity contribution in [3.63, 3.8) is 0 Å². The number of hydrogen-bond donors (Lipinski definition) is 2. The van der Waals surface area contributed by atoms with Gasteiger partial charge in [0.05, 0.1) is 27.7 Å². The number of carbonyl (C=O) groups is 2. The molecule has 0 saturated heterocycles. The number of quaternary nitrogens is 1. The Kier molecular flexibility index (Phi) is 34.4. The van der Waals surface area contributed by atoms with E-state index >= 15 is 0 Å². The quantitative estimate of drug-likeness (QED) is 0.0157. The second-order valence-corrected chi connectivity index (χ2v) is 18.0. The summed E-state index contributed by atoms with van der Waals surface area (Å²) in [6.07, 6.45) is 33.8. The minimum Gasteiger partial charge on any atom is -0.462 e. The van der Waals surface area contributed by atoms with Crippen LogP contribution in [0.15, 0.2) is 12.2 Å². The lowest BCUT2D eigenvalue weighted by molar-refractivity contribution is -0.873. The van der Waals surface area contributed by atoms with Gasteiger partial charge in [-0.15, -0.1) is 0 Å². The number of unbranched alkanes of at least 4 members (excludes halogenated alkanes) is 22. The zero-order valence-electron chi connectivity index (χ0n) is 36.0. The number of ether oxygens (including phenoxy) is 1. The van der Waals surface area contributed by atoms with E-state index in [0.29, 0.717) is 30.3 Å². The van der Waals surface area contributed by atoms with Crippen LogP contribution >= 0.6 is 7.82 Å². The molecule has 0 aromatic carbocycles. The fraction of sp³-hybridized carbons (Fsp3) is 0.909.